The number of phenols is 1. The standard InChI is InChI=1S/C19H19NO6/c21-14-9-18-17(25-11-26-18)8-13(14)19(20-3-5-22-6-4-20)12-1-2-15-16(7-12)24-10-23-15/h1-2,7-9,19,21H,3-6,10-11H2/p+1/t19-/m1/s1. The SMILES string of the molecule is Oc1cc2c(cc1[C@@H](c1ccc3c(c1)OCO3)[NH+]1CCOCC1)OCO2. The van der Waals surface area contributed by atoms with Crippen molar-refractivity contribution in [3.8, 4) is 28.7 Å². The Kier molecular flexibility index (Phi) is 3.76. The highest BCUT2D eigenvalue weighted by atomic mass is 16.7. The lowest BCUT2D eigenvalue weighted by atomic mass is 9.95. The van der Waals surface area contributed by atoms with Crippen LogP contribution in [0.3, 0.4) is 0 Å². The normalized spacial score (nSPS) is 19.5. The van der Waals surface area contributed by atoms with E-state index >= 15 is 0 Å². The monoisotopic (exact) mass is 358 g/mol. The van der Waals surface area contributed by atoms with Crippen molar-refractivity contribution in [2.24, 2.45) is 0 Å². The van der Waals surface area contributed by atoms with Gasteiger partial charge in [0.05, 0.1) is 18.8 Å². The van der Waals surface area contributed by atoms with Gasteiger partial charge in [-0.3, -0.25) is 0 Å². The quantitative estimate of drug-likeness (QED) is 0.848. The van der Waals surface area contributed by atoms with E-state index < -0.39 is 0 Å². The largest absolute Gasteiger partial charge is 0.507 e. The Balaban J connectivity index is 1.60. The third-order valence-corrected chi connectivity index (χ3v) is 5.11. The van der Waals surface area contributed by atoms with Gasteiger partial charge in [-0.25, -0.2) is 0 Å². The molecule has 3 aliphatic heterocycles. The van der Waals surface area contributed by atoms with Crippen LogP contribution in [-0.4, -0.2) is 45.0 Å². The van der Waals surface area contributed by atoms with E-state index in [9.17, 15) is 5.11 Å². The maximum Gasteiger partial charge on any atom is 0.231 e. The van der Waals surface area contributed by atoms with E-state index in [1.54, 1.807) is 6.07 Å². The van der Waals surface area contributed by atoms with Crippen LogP contribution in [0.1, 0.15) is 17.2 Å². The fourth-order valence-corrected chi connectivity index (χ4v) is 3.83. The van der Waals surface area contributed by atoms with Crippen LogP contribution in [-0.2, 0) is 4.74 Å². The molecule has 0 unspecified atom stereocenters. The lowest BCUT2D eigenvalue weighted by Gasteiger charge is -2.32. The molecule has 7 heteroatoms. The fraction of sp³-hybridized carbons (Fsp3) is 0.368. The molecule has 0 spiro atoms. The molecule has 0 amide bonds. The summed E-state index contributed by atoms with van der Waals surface area (Å²) in [5, 5.41) is 10.7. The Morgan fingerprint density at radius 2 is 1.46 bits per heavy atom. The summed E-state index contributed by atoms with van der Waals surface area (Å²) in [7, 11) is 0. The van der Waals surface area contributed by atoms with Gasteiger partial charge in [-0.1, -0.05) is 0 Å². The molecule has 3 heterocycles. The minimum atomic E-state index is -0.0668. The van der Waals surface area contributed by atoms with E-state index in [4.69, 9.17) is 23.7 Å². The summed E-state index contributed by atoms with van der Waals surface area (Å²) in [4.78, 5) is 1.32. The first-order valence-electron chi connectivity index (χ1n) is 8.74. The van der Waals surface area contributed by atoms with Crippen molar-refractivity contribution >= 4 is 0 Å². The topological polar surface area (TPSA) is 70.8 Å². The molecular weight excluding hydrogens is 338 g/mol. The van der Waals surface area contributed by atoms with Crippen LogP contribution < -0.4 is 23.8 Å². The number of morpholine rings is 1. The van der Waals surface area contributed by atoms with Gasteiger partial charge in [0.25, 0.3) is 0 Å². The van der Waals surface area contributed by atoms with Gasteiger partial charge in [0.1, 0.15) is 24.9 Å². The second kappa shape index (κ2) is 6.26. The third-order valence-electron chi connectivity index (χ3n) is 5.11. The number of quaternary nitrogens is 1. The first-order chi connectivity index (χ1) is 12.8. The summed E-state index contributed by atoms with van der Waals surface area (Å²) in [6.45, 7) is 3.52. The van der Waals surface area contributed by atoms with Crippen molar-refractivity contribution in [3.05, 3.63) is 41.5 Å². The molecule has 3 aliphatic rings. The van der Waals surface area contributed by atoms with Crippen LogP contribution in [0.4, 0.5) is 0 Å². The minimum absolute atomic E-state index is 0.0668. The van der Waals surface area contributed by atoms with Gasteiger partial charge >= 0.3 is 0 Å². The van der Waals surface area contributed by atoms with Crippen LogP contribution >= 0.6 is 0 Å². The predicted octanol–water partition coefficient (Wildman–Crippen LogP) is 0.854. The van der Waals surface area contributed by atoms with Gasteiger partial charge in [-0.2, -0.15) is 0 Å². The van der Waals surface area contributed by atoms with Gasteiger partial charge in [-0.05, 0) is 24.3 Å². The molecule has 1 fully saturated rings. The van der Waals surface area contributed by atoms with Crippen LogP contribution in [0.25, 0.3) is 0 Å². The first kappa shape index (κ1) is 15.6. The number of hydrogen-bond donors (Lipinski definition) is 2. The smallest absolute Gasteiger partial charge is 0.231 e. The van der Waals surface area contributed by atoms with E-state index in [1.807, 2.05) is 24.3 Å². The Morgan fingerprint density at radius 3 is 2.23 bits per heavy atom. The molecular formula is C19H20NO6+. The van der Waals surface area contributed by atoms with Crippen molar-refractivity contribution in [3.63, 3.8) is 0 Å². The van der Waals surface area contributed by atoms with Gasteiger partial charge in [0.15, 0.2) is 23.0 Å². The molecule has 2 N–H and O–H groups in total. The average molecular weight is 358 g/mol. The predicted molar refractivity (Wildman–Crippen MR) is 90.2 cm³/mol. The number of fused-ring (bicyclic) bond motifs is 2. The molecule has 2 aromatic carbocycles. The number of hydrogen-bond acceptors (Lipinski definition) is 6. The molecule has 1 saturated heterocycles. The number of phenolic OH excluding ortho intramolecular Hbond substituents is 1. The van der Waals surface area contributed by atoms with Crippen LogP contribution in [0.2, 0.25) is 0 Å². The molecule has 26 heavy (non-hydrogen) atoms. The Morgan fingerprint density at radius 1 is 0.808 bits per heavy atom. The molecule has 2 aromatic rings. The molecule has 0 saturated carbocycles. The molecule has 136 valence electrons. The lowest BCUT2D eigenvalue weighted by Crippen LogP contribution is -3.14. The van der Waals surface area contributed by atoms with Crippen molar-refractivity contribution < 1.29 is 33.7 Å². The van der Waals surface area contributed by atoms with Crippen molar-refractivity contribution in [1.82, 2.24) is 0 Å². The summed E-state index contributed by atoms with van der Waals surface area (Å²) >= 11 is 0. The maximum absolute atomic E-state index is 10.7. The summed E-state index contributed by atoms with van der Waals surface area (Å²) in [6.07, 6.45) is 0. The minimum Gasteiger partial charge on any atom is -0.507 e. The highest BCUT2D eigenvalue weighted by Gasteiger charge is 2.33. The molecule has 0 bridgehead atoms. The third kappa shape index (κ3) is 2.60. The van der Waals surface area contributed by atoms with E-state index in [1.165, 1.54) is 4.90 Å². The first-order valence-corrected chi connectivity index (χ1v) is 8.74. The average Bonchev–Trinajstić information content (AvgIpc) is 3.31. The van der Waals surface area contributed by atoms with Crippen LogP contribution in [0, 0.1) is 0 Å². The highest BCUT2D eigenvalue weighted by molar-refractivity contribution is 5.54. The van der Waals surface area contributed by atoms with Crippen molar-refractivity contribution in [2.75, 3.05) is 39.9 Å². The summed E-state index contributed by atoms with van der Waals surface area (Å²) in [6, 6.07) is 9.41. The Bertz CT molecular complexity index is 833. The zero-order chi connectivity index (χ0) is 17.5. The van der Waals surface area contributed by atoms with Crippen molar-refractivity contribution in [1.29, 1.82) is 0 Å². The van der Waals surface area contributed by atoms with Crippen LogP contribution in [0.15, 0.2) is 30.3 Å². The van der Waals surface area contributed by atoms with Crippen molar-refractivity contribution in [2.45, 2.75) is 6.04 Å². The zero-order valence-electron chi connectivity index (χ0n) is 14.2. The van der Waals surface area contributed by atoms with Gasteiger partial charge in [-0.15, -0.1) is 0 Å². The van der Waals surface area contributed by atoms with E-state index in [0.29, 0.717) is 24.7 Å². The molecule has 1 atom stereocenters. The molecule has 0 radical (unpaired) electrons. The van der Waals surface area contributed by atoms with Gasteiger partial charge in [0, 0.05) is 11.6 Å². The van der Waals surface area contributed by atoms with Gasteiger partial charge in [0.2, 0.25) is 13.6 Å². The van der Waals surface area contributed by atoms with E-state index in [2.05, 4.69) is 0 Å². The summed E-state index contributed by atoms with van der Waals surface area (Å²) < 4.78 is 27.4. The number of rotatable bonds is 3. The molecule has 7 nitrogen and oxygen atoms in total. The lowest BCUT2D eigenvalue weighted by molar-refractivity contribution is -0.933. The Labute approximate surface area is 150 Å². The second-order valence-electron chi connectivity index (χ2n) is 6.58. The highest BCUT2D eigenvalue weighted by Crippen LogP contribution is 2.42. The number of nitrogens with one attached hydrogen (secondary N) is 1. The fourth-order valence-electron chi connectivity index (χ4n) is 3.83. The molecule has 0 aliphatic carbocycles. The zero-order valence-corrected chi connectivity index (χ0v) is 14.2. The van der Waals surface area contributed by atoms with Crippen LogP contribution in [0.5, 0.6) is 28.7 Å². The molecule has 5 rings (SSSR count). The number of aromatic hydroxyl groups is 1. The van der Waals surface area contributed by atoms with E-state index in [0.717, 1.165) is 35.7 Å². The van der Waals surface area contributed by atoms with E-state index in [-0.39, 0.29) is 25.4 Å². The Hall–Kier alpha value is -2.64. The maximum atomic E-state index is 10.7. The summed E-state index contributed by atoms with van der Waals surface area (Å²) in [5.41, 5.74) is 1.87. The van der Waals surface area contributed by atoms with Gasteiger partial charge < -0.3 is 33.7 Å². The molecule has 0 aromatic heterocycles. The second-order valence-corrected chi connectivity index (χ2v) is 6.58. The number of ether oxygens (including phenoxy) is 5. The summed E-state index contributed by atoms with van der Waals surface area (Å²) in [5.74, 6) is 2.93. The number of benzene rings is 2.